The first-order valence-electron chi connectivity index (χ1n) is 8.42. The predicted molar refractivity (Wildman–Crippen MR) is 103 cm³/mol. The molecule has 152 valence electrons. The van der Waals surface area contributed by atoms with Crippen LogP contribution in [-0.2, 0) is 11.0 Å². The van der Waals surface area contributed by atoms with Gasteiger partial charge in [-0.15, -0.1) is 0 Å². The zero-order chi connectivity index (χ0) is 21.3. The number of nitrogens with zero attached hydrogens (tertiary/aromatic N) is 2. The molecule has 3 rings (SSSR count). The van der Waals surface area contributed by atoms with E-state index < -0.39 is 29.7 Å². The van der Waals surface area contributed by atoms with Crippen LogP contribution in [0.3, 0.4) is 0 Å². The van der Waals surface area contributed by atoms with Crippen LogP contribution in [0, 0.1) is 0 Å². The first-order chi connectivity index (χ1) is 13.6. The minimum absolute atomic E-state index is 0.0461. The van der Waals surface area contributed by atoms with Crippen LogP contribution in [0.1, 0.15) is 35.3 Å². The van der Waals surface area contributed by atoms with E-state index in [4.69, 9.17) is 11.6 Å². The zero-order valence-electron chi connectivity index (χ0n) is 14.9. The Kier molecular flexibility index (Phi) is 5.81. The van der Waals surface area contributed by atoms with Gasteiger partial charge in [-0.2, -0.15) is 18.2 Å². The Morgan fingerprint density at radius 1 is 1.24 bits per heavy atom. The molecule has 0 bridgehead atoms. The van der Waals surface area contributed by atoms with E-state index in [2.05, 4.69) is 4.99 Å². The maximum Gasteiger partial charge on any atom is 0.416 e. The van der Waals surface area contributed by atoms with Gasteiger partial charge in [0, 0.05) is 5.56 Å². The molecule has 1 atom stereocenters. The van der Waals surface area contributed by atoms with E-state index in [0.717, 1.165) is 23.5 Å². The van der Waals surface area contributed by atoms with Crippen molar-refractivity contribution in [2.45, 2.75) is 25.6 Å². The van der Waals surface area contributed by atoms with Crippen molar-refractivity contribution in [1.82, 2.24) is 4.57 Å². The highest BCUT2D eigenvalue weighted by molar-refractivity contribution is 7.17. The van der Waals surface area contributed by atoms with E-state index in [-0.39, 0.29) is 16.8 Å². The van der Waals surface area contributed by atoms with Gasteiger partial charge in [0.25, 0.3) is 5.91 Å². The van der Waals surface area contributed by atoms with Crippen LogP contribution in [0.2, 0.25) is 5.02 Å². The molecule has 1 N–H and O–H groups in total. The van der Waals surface area contributed by atoms with Crippen LogP contribution in [-0.4, -0.2) is 21.6 Å². The number of fused-ring (bicyclic) bond motifs is 1. The maximum absolute atomic E-state index is 12.9. The number of aromatic nitrogens is 1. The fourth-order valence-electron chi connectivity index (χ4n) is 2.86. The summed E-state index contributed by atoms with van der Waals surface area (Å²) >= 11 is 7.19. The van der Waals surface area contributed by atoms with Crippen molar-refractivity contribution < 1.29 is 27.9 Å². The SMILES string of the molecule is CCC(C(=O)O)n1c(=NC(=O)c2cccc(C(F)(F)F)c2)sc2c(Cl)cccc21. The van der Waals surface area contributed by atoms with E-state index in [9.17, 15) is 27.9 Å². The third kappa shape index (κ3) is 4.20. The van der Waals surface area contributed by atoms with Gasteiger partial charge in [0.1, 0.15) is 6.04 Å². The Morgan fingerprint density at radius 2 is 1.93 bits per heavy atom. The van der Waals surface area contributed by atoms with Gasteiger partial charge in [-0.1, -0.05) is 42.0 Å². The number of carboxylic acid groups (broad SMARTS) is 1. The largest absolute Gasteiger partial charge is 0.480 e. The van der Waals surface area contributed by atoms with E-state index in [0.29, 0.717) is 21.3 Å². The van der Waals surface area contributed by atoms with Crippen LogP contribution < -0.4 is 4.80 Å². The maximum atomic E-state index is 12.9. The molecule has 0 aliphatic heterocycles. The molecule has 2 aromatic carbocycles. The van der Waals surface area contributed by atoms with Crippen molar-refractivity contribution in [2.75, 3.05) is 0 Å². The molecule has 0 fully saturated rings. The molecule has 0 saturated carbocycles. The molecule has 1 amide bonds. The first kappa shape index (κ1) is 21.1. The molecule has 0 radical (unpaired) electrons. The highest BCUT2D eigenvalue weighted by Crippen LogP contribution is 2.30. The van der Waals surface area contributed by atoms with Gasteiger partial charge in [-0.25, -0.2) is 4.79 Å². The number of hydrogen-bond donors (Lipinski definition) is 1. The minimum Gasteiger partial charge on any atom is -0.480 e. The summed E-state index contributed by atoms with van der Waals surface area (Å²) in [7, 11) is 0. The van der Waals surface area contributed by atoms with Gasteiger partial charge in [-0.3, -0.25) is 4.79 Å². The second-order valence-corrected chi connectivity index (χ2v) is 7.49. The highest BCUT2D eigenvalue weighted by Gasteiger charge is 2.31. The van der Waals surface area contributed by atoms with Crippen molar-refractivity contribution in [2.24, 2.45) is 4.99 Å². The van der Waals surface area contributed by atoms with Crippen LogP contribution >= 0.6 is 22.9 Å². The van der Waals surface area contributed by atoms with Gasteiger partial charge in [-0.05, 0) is 36.8 Å². The van der Waals surface area contributed by atoms with Crippen molar-refractivity contribution >= 4 is 45.0 Å². The lowest BCUT2D eigenvalue weighted by Gasteiger charge is -2.13. The fraction of sp³-hybridized carbons (Fsp3) is 0.211. The zero-order valence-corrected chi connectivity index (χ0v) is 16.5. The highest BCUT2D eigenvalue weighted by atomic mass is 35.5. The van der Waals surface area contributed by atoms with Gasteiger partial charge in [0.15, 0.2) is 4.80 Å². The summed E-state index contributed by atoms with van der Waals surface area (Å²) in [6, 6.07) is 7.80. The smallest absolute Gasteiger partial charge is 0.416 e. The predicted octanol–water partition coefficient (Wildman–Crippen LogP) is 5.15. The third-order valence-corrected chi connectivity index (χ3v) is 5.75. The number of aliphatic carboxylic acids is 1. The van der Waals surface area contributed by atoms with Crippen LogP contribution in [0.5, 0.6) is 0 Å². The molecule has 5 nitrogen and oxygen atoms in total. The number of carbonyl (C=O) groups is 2. The van der Waals surface area contributed by atoms with Crippen LogP contribution in [0.25, 0.3) is 10.2 Å². The molecule has 29 heavy (non-hydrogen) atoms. The summed E-state index contributed by atoms with van der Waals surface area (Å²) in [5.74, 6) is -2.03. The molecule has 0 aliphatic carbocycles. The van der Waals surface area contributed by atoms with E-state index in [1.807, 2.05) is 0 Å². The molecule has 1 heterocycles. The van der Waals surface area contributed by atoms with Crippen LogP contribution in [0.4, 0.5) is 13.2 Å². The second kappa shape index (κ2) is 8.00. The number of hydrogen-bond acceptors (Lipinski definition) is 3. The van der Waals surface area contributed by atoms with Crippen molar-refractivity contribution in [3.05, 3.63) is 63.4 Å². The van der Waals surface area contributed by atoms with E-state index >= 15 is 0 Å². The number of amides is 1. The summed E-state index contributed by atoms with van der Waals surface area (Å²) in [5, 5.41) is 9.93. The van der Waals surface area contributed by atoms with Crippen LogP contribution in [0.15, 0.2) is 47.5 Å². The first-order valence-corrected chi connectivity index (χ1v) is 9.61. The normalized spacial score (nSPS) is 13.6. The van der Waals surface area contributed by atoms with E-state index in [1.165, 1.54) is 10.6 Å². The summed E-state index contributed by atoms with van der Waals surface area (Å²) in [4.78, 5) is 28.3. The number of thiazole rings is 1. The molecule has 3 aromatic rings. The standard InChI is InChI=1S/C19H14ClF3N2O3S/c1-2-13(17(27)28)25-14-8-4-7-12(20)15(14)29-18(25)24-16(26)10-5-3-6-11(9-10)19(21,22)23/h3-9,13H,2H2,1H3,(H,27,28). The minimum atomic E-state index is -4.60. The number of rotatable bonds is 4. The number of alkyl halides is 3. The Morgan fingerprint density at radius 3 is 2.55 bits per heavy atom. The Hall–Kier alpha value is -2.65. The number of carboxylic acids is 1. The number of halogens is 4. The molecular weight excluding hydrogens is 429 g/mol. The number of carbonyl (C=O) groups excluding carboxylic acids is 1. The summed E-state index contributed by atoms with van der Waals surface area (Å²) in [6.45, 7) is 1.66. The van der Waals surface area contributed by atoms with Crippen molar-refractivity contribution in [3.63, 3.8) is 0 Å². The van der Waals surface area contributed by atoms with Gasteiger partial charge in [0.2, 0.25) is 0 Å². The molecule has 1 aromatic heterocycles. The van der Waals surface area contributed by atoms with E-state index in [1.54, 1.807) is 25.1 Å². The summed E-state index contributed by atoms with van der Waals surface area (Å²) < 4.78 is 40.7. The molecule has 0 spiro atoms. The molecule has 1 unspecified atom stereocenters. The fourth-order valence-corrected chi connectivity index (χ4v) is 4.21. The van der Waals surface area contributed by atoms with Crippen molar-refractivity contribution in [3.8, 4) is 0 Å². The third-order valence-electron chi connectivity index (χ3n) is 4.22. The van der Waals surface area contributed by atoms with Gasteiger partial charge < -0.3 is 9.67 Å². The Bertz CT molecular complexity index is 1170. The molecule has 0 aliphatic rings. The molecule has 10 heteroatoms. The monoisotopic (exact) mass is 442 g/mol. The lowest BCUT2D eigenvalue weighted by molar-refractivity contribution is -0.141. The Balaban J connectivity index is 2.21. The average molecular weight is 443 g/mol. The summed E-state index contributed by atoms with van der Waals surface area (Å²) in [6.07, 6.45) is -4.39. The topological polar surface area (TPSA) is 71.7 Å². The van der Waals surface area contributed by atoms with Gasteiger partial charge >= 0.3 is 12.1 Å². The molecular formula is C19H14ClF3N2O3S. The van der Waals surface area contributed by atoms with Gasteiger partial charge in [0.05, 0.1) is 20.8 Å². The lowest BCUT2D eigenvalue weighted by Crippen LogP contribution is -2.27. The molecule has 0 saturated heterocycles. The number of benzene rings is 2. The summed E-state index contributed by atoms with van der Waals surface area (Å²) in [5.41, 5.74) is -0.742. The quantitative estimate of drug-likeness (QED) is 0.607. The average Bonchev–Trinajstić information content (AvgIpc) is 3.01. The Labute approximate surface area is 171 Å². The second-order valence-electron chi connectivity index (χ2n) is 6.10. The van der Waals surface area contributed by atoms with Crippen molar-refractivity contribution in [1.29, 1.82) is 0 Å². The lowest BCUT2D eigenvalue weighted by atomic mass is 10.1.